The summed E-state index contributed by atoms with van der Waals surface area (Å²) in [6, 6.07) is 5.29. The zero-order valence-corrected chi connectivity index (χ0v) is 12.1. The highest BCUT2D eigenvalue weighted by atomic mass is 16.6. The van der Waals surface area contributed by atoms with Crippen molar-refractivity contribution in [1.29, 1.82) is 0 Å². The maximum Gasteiger partial charge on any atom is 0.352 e. The summed E-state index contributed by atoms with van der Waals surface area (Å²) >= 11 is 0. The van der Waals surface area contributed by atoms with Crippen LogP contribution in [0.2, 0.25) is 0 Å². The summed E-state index contributed by atoms with van der Waals surface area (Å²) in [5, 5.41) is 21.5. The summed E-state index contributed by atoms with van der Waals surface area (Å²) in [5.41, 5.74) is 0.323. The molecule has 0 spiro atoms. The lowest BCUT2D eigenvalue weighted by atomic mass is 9.83. The van der Waals surface area contributed by atoms with Crippen molar-refractivity contribution < 1.29 is 10.0 Å². The SMILES string of the molecule is CC(C)C1(O)CN(Cc2nc3ccccn3c2[N+](=O)[O-])C1. The van der Waals surface area contributed by atoms with Crippen molar-refractivity contribution in [1.82, 2.24) is 14.3 Å². The molecule has 0 radical (unpaired) electrons. The normalized spacial score (nSPS) is 18.1. The van der Waals surface area contributed by atoms with E-state index >= 15 is 0 Å². The Labute approximate surface area is 122 Å². The van der Waals surface area contributed by atoms with Crippen LogP contribution >= 0.6 is 0 Å². The zero-order valence-electron chi connectivity index (χ0n) is 12.1. The van der Waals surface area contributed by atoms with Gasteiger partial charge in [0.1, 0.15) is 0 Å². The van der Waals surface area contributed by atoms with Crippen LogP contribution in [0, 0.1) is 16.0 Å². The van der Waals surface area contributed by atoms with Gasteiger partial charge in [-0.25, -0.2) is 4.98 Å². The fourth-order valence-corrected chi connectivity index (χ4v) is 2.75. The molecule has 1 fully saturated rings. The second-order valence-corrected chi connectivity index (χ2v) is 5.97. The molecule has 0 saturated carbocycles. The van der Waals surface area contributed by atoms with E-state index in [-0.39, 0.29) is 11.7 Å². The lowest BCUT2D eigenvalue weighted by Crippen LogP contribution is -2.63. The Hall–Kier alpha value is -1.99. The van der Waals surface area contributed by atoms with Crippen molar-refractivity contribution in [3.8, 4) is 0 Å². The van der Waals surface area contributed by atoms with E-state index in [1.165, 1.54) is 4.40 Å². The summed E-state index contributed by atoms with van der Waals surface area (Å²) in [7, 11) is 0. The van der Waals surface area contributed by atoms with Gasteiger partial charge in [-0.15, -0.1) is 0 Å². The highest BCUT2D eigenvalue weighted by Gasteiger charge is 2.44. The second kappa shape index (κ2) is 4.78. The maximum atomic E-state index is 11.3. The van der Waals surface area contributed by atoms with Crippen LogP contribution in [-0.4, -0.2) is 43.0 Å². The van der Waals surface area contributed by atoms with Crippen molar-refractivity contribution in [2.45, 2.75) is 26.0 Å². The molecule has 0 unspecified atom stereocenters. The van der Waals surface area contributed by atoms with E-state index in [0.717, 1.165) is 0 Å². The van der Waals surface area contributed by atoms with Crippen LogP contribution < -0.4 is 0 Å². The standard InChI is InChI=1S/C14H18N4O3/c1-10(2)14(19)8-16(9-14)7-11-13(18(20)21)17-6-4-3-5-12(17)15-11/h3-6,10,19H,7-9H2,1-2H3. The van der Waals surface area contributed by atoms with Gasteiger partial charge in [-0.3, -0.25) is 4.90 Å². The first-order valence-electron chi connectivity index (χ1n) is 6.96. The lowest BCUT2D eigenvalue weighted by Gasteiger charge is -2.48. The summed E-state index contributed by atoms with van der Waals surface area (Å²) in [5.74, 6) is 0.176. The van der Waals surface area contributed by atoms with Crippen LogP contribution in [-0.2, 0) is 6.54 Å². The number of nitrogens with zero attached hydrogens (tertiary/aromatic N) is 4. The molecule has 1 N–H and O–H groups in total. The largest absolute Gasteiger partial charge is 0.387 e. The number of imidazole rings is 1. The van der Waals surface area contributed by atoms with Crippen molar-refractivity contribution >= 4 is 11.5 Å². The molecule has 7 heteroatoms. The van der Waals surface area contributed by atoms with Gasteiger partial charge in [-0.05, 0) is 16.9 Å². The molecule has 0 atom stereocenters. The Bertz CT molecular complexity index is 689. The van der Waals surface area contributed by atoms with E-state index in [1.54, 1.807) is 24.4 Å². The molecule has 0 amide bonds. The maximum absolute atomic E-state index is 11.3. The Morgan fingerprint density at radius 1 is 1.48 bits per heavy atom. The third kappa shape index (κ3) is 2.28. The molecule has 0 bridgehead atoms. The van der Waals surface area contributed by atoms with E-state index in [4.69, 9.17) is 0 Å². The number of hydrogen-bond acceptors (Lipinski definition) is 5. The van der Waals surface area contributed by atoms with E-state index in [1.807, 2.05) is 18.7 Å². The first-order valence-corrected chi connectivity index (χ1v) is 6.96. The van der Waals surface area contributed by atoms with Crippen molar-refractivity contribution in [3.63, 3.8) is 0 Å². The molecular formula is C14H18N4O3. The number of nitro groups is 1. The molecule has 3 heterocycles. The number of aromatic nitrogens is 2. The lowest BCUT2D eigenvalue weighted by molar-refractivity contribution is -0.391. The minimum atomic E-state index is -0.687. The minimum Gasteiger partial charge on any atom is -0.387 e. The van der Waals surface area contributed by atoms with Crippen molar-refractivity contribution in [2.75, 3.05) is 13.1 Å². The summed E-state index contributed by atoms with van der Waals surface area (Å²) < 4.78 is 1.49. The molecule has 7 nitrogen and oxygen atoms in total. The highest BCUT2D eigenvalue weighted by molar-refractivity contribution is 5.49. The molecular weight excluding hydrogens is 272 g/mol. The number of hydrogen-bond donors (Lipinski definition) is 1. The van der Waals surface area contributed by atoms with Crippen LogP contribution in [0.1, 0.15) is 19.5 Å². The predicted octanol–water partition coefficient (Wildman–Crippen LogP) is 1.45. The smallest absolute Gasteiger partial charge is 0.352 e. The average molecular weight is 290 g/mol. The van der Waals surface area contributed by atoms with Gasteiger partial charge < -0.3 is 15.2 Å². The van der Waals surface area contributed by atoms with Gasteiger partial charge in [0, 0.05) is 25.7 Å². The quantitative estimate of drug-likeness (QED) is 0.680. The van der Waals surface area contributed by atoms with Crippen LogP contribution in [0.5, 0.6) is 0 Å². The Balaban J connectivity index is 1.85. The molecule has 21 heavy (non-hydrogen) atoms. The van der Waals surface area contributed by atoms with E-state index in [2.05, 4.69) is 4.98 Å². The average Bonchev–Trinajstić information content (AvgIpc) is 2.74. The van der Waals surface area contributed by atoms with E-state index in [0.29, 0.717) is 31.0 Å². The van der Waals surface area contributed by atoms with Crippen LogP contribution in [0.15, 0.2) is 24.4 Å². The van der Waals surface area contributed by atoms with Gasteiger partial charge in [-0.1, -0.05) is 19.9 Å². The molecule has 0 aliphatic carbocycles. The Kier molecular flexibility index (Phi) is 3.18. The molecule has 2 aromatic rings. The molecule has 2 aromatic heterocycles. The summed E-state index contributed by atoms with van der Waals surface area (Å²) in [4.78, 5) is 17.2. The fraction of sp³-hybridized carbons (Fsp3) is 0.500. The molecule has 1 aliphatic rings. The third-order valence-corrected chi connectivity index (χ3v) is 4.19. The fourth-order valence-electron chi connectivity index (χ4n) is 2.75. The number of aliphatic hydroxyl groups is 1. The summed E-state index contributed by atoms with van der Waals surface area (Å²) in [6.07, 6.45) is 1.64. The molecule has 112 valence electrons. The van der Waals surface area contributed by atoms with Crippen LogP contribution in [0.3, 0.4) is 0 Å². The number of fused-ring (bicyclic) bond motifs is 1. The van der Waals surface area contributed by atoms with E-state index < -0.39 is 10.5 Å². The number of pyridine rings is 1. The van der Waals surface area contributed by atoms with Gasteiger partial charge >= 0.3 is 5.82 Å². The number of β-amino-alcohol motifs (C(OH)–C–C–N with tert-alkyl or cyclic N) is 1. The molecule has 0 aromatic carbocycles. The minimum absolute atomic E-state index is 0.00517. The Morgan fingerprint density at radius 2 is 2.19 bits per heavy atom. The molecule has 1 saturated heterocycles. The van der Waals surface area contributed by atoms with Gasteiger partial charge in [0.25, 0.3) is 0 Å². The second-order valence-electron chi connectivity index (χ2n) is 5.97. The number of likely N-dealkylation sites (tertiary alicyclic amines) is 1. The first-order chi connectivity index (χ1) is 9.90. The van der Waals surface area contributed by atoms with E-state index in [9.17, 15) is 15.2 Å². The van der Waals surface area contributed by atoms with Gasteiger partial charge in [0.15, 0.2) is 5.69 Å². The first kappa shape index (κ1) is 14.0. The third-order valence-electron chi connectivity index (χ3n) is 4.19. The highest BCUT2D eigenvalue weighted by Crippen LogP contribution is 2.31. The zero-order chi connectivity index (χ0) is 15.2. The van der Waals surface area contributed by atoms with Crippen molar-refractivity contribution in [2.24, 2.45) is 5.92 Å². The predicted molar refractivity (Wildman–Crippen MR) is 76.9 cm³/mol. The summed E-state index contributed by atoms with van der Waals surface area (Å²) in [6.45, 7) is 5.38. The topological polar surface area (TPSA) is 83.9 Å². The molecule has 3 rings (SSSR count). The van der Waals surface area contributed by atoms with Crippen LogP contribution in [0.25, 0.3) is 5.65 Å². The van der Waals surface area contributed by atoms with Crippen molar-refractivity contribution in [3.05, 3.63) is 40.2 Å². The monoisotopic (exact) mass is 290 g/mol. The van der Waals surface area contributed by atoms with Gasteiger partial charge in [0.05, 0.1) is 11.8 Å². The number of rotatable bonds is 4. The Morgan fingerprint density at radius 3 is 2.81 bits per heavy atom. The van der Waals surface area contributed by atoms with Gasteiger partial charge in [-0.2, -0.15) is 4.40 Å². The van der Waals surface area contributed by atoms with Crippen LogP contribution in [0.4, 0.5) is 5.82 Å². The molecule has 1 aliphatic heterocycles. The van der Waals surface area contributed by atoms with Gasteiger partial charge in [0.2, 0.25) is 5.65 Å².